The normalized spacial score (nSPS) is 27.5. The van der Waals surface area contributed by atoms with Gasteiger partial charge < -0.3 is 9.47 Å². The number of amides is 1. The summed E-state index contributed by atoms with van der Waals surface area (Å²) in [6, 6.07) is -0.276. The minimum absolute atomic E-state index is 0.207. The Bertz CT molecular complexity index is 378. The predicted molar refractivity (Wildman–Crippen MR) is 60.0 cm³/mol. The quantitative estimate of drug-likeness (QED) is 0.599. The SMILES string of the molecule is CC(C)(C)OC(=O)N1CCC2COC(=C=O)C21. The molecule has 2 atom stereocenters. The van der Waals surface area contributed by atoms with Crippen LogP contribution in [0.15, 0.2) is 5.76 Å². The molecule has 5 heteroatoms. The van der Waals surface area contributed by atoms with Gasteiger partial charge >= 0.3 is 6.09 Å². The van der Waals surface area contributed by atoms with Gasteiger partial charge in [0.15, 0.2) is 5.94 Å². The number of carbonyl (C=O) groups is 1. The van der Waals surface area contributed by atoms with Crippen molar-refractivity contribution in [2.24, 2.45) is 5.92 Å². The van der Waals surface area contributed by atoms with E-state index in [1.165, 1.54) is 0 Å². The van der Waals surface area contributed by atoms with Crippen LogP contribution in [0.25, 0.3) is 0 Å². The smallest absolute Gasteiger partial charge is 0.410 e. The van der Waals surface area contributed by atoms with E-state index in [0.29, 0.717) is 13.2 Å². The highest BCUT2D eigenvalue weighted by Crippen LogP contribution is 2.35. The molecule has 2 aliphatic heterocycles. The van der Waals surface area contributed by atoms with E-state index in [9.17, 15) is 9.59 Å². The van der Waals surface area contributed by atoms with Crippen molar-refractivity contribution in [2.45, 2.75) is 38.8 Å². The van der Waals surface area contributed by atoms with Gasteiger partial charge in [0.2, 0.25) is 5.76 Å². The van der Waals surface area contributed by atoms with E-state index >= 15 is 0 Å². The van der Waals surface area contributed by atoms with Gasteiger partial charge in [0, 0.05) is 12.5 Å². The molecule has 0 aromatic rings. The average Bonchev–Trinajstić information content (AvgIpc) is 2.73. The average molecular weight is 239 g/mol. The van der Waals surface area contributed by atoms with Crippen LogP contribution in [0.2, 0.25) is 0 Å². The summed E-state index contributed by atoms with van der Waals surface area (Å²) in [4.78, 5) is 24.3. The van der Waals surface area contributed by atoms with Crippen molar-refractivity contribution in [1.82, 2.24) is 4.90 Å². The number of carbonyl (C=O) groups excluding carboxylic acids is 2. The maximum atomic E-state index is 12.0. The van der Waals surface area contributed by atoms with Crippen molar-refractivity contribution >= 4 is 12.0 Å². The summed E-state index contributed by atoms with van der Waals surface area (Å²) < 4.78 is 10.5. The van der Waals surface area contributed by atoms with Gasteiger partial charge in [0.05, 0.1) is 6.61 Å². The van der Waals surface area contributed by atoms with Crippen LogP contribution in [-0.4, -0.2) is 41.7 Å². The van der Waals surface area contributed by atoms with E-state index in [-0.39, 0.29) is 23.8 Å². The van der Waals surface area contributed by atoms with E-state index in [2.05, 4.69) is 0 Å². The fraction of sp³-hybridized carbons (Fsp3) is 0.750. The van der Waals surface area contributed by atoms with Crippen LogP contribution in [0.5, 0.6) is 0 Å². The fourth-order valence-corrected chi connectivity index (χ4v) is 2.28. The fourth-order valence-electron chi connectivity index (χ4n) is 2.28. The maximum Gasteiger partial charge on any atom is 0.410 e. The highest BCUT2D eigenvalue weighted by Gasteiger charge is 2.47. The van der Waals surface area contributed by atoms with Crippen molar-refractivity contribution in [3.8, 4) is 0 Å². The van der Waals surface area contributed by atoms with Gasteiger partial charge in [-0.05, 0) is 27.2 Å². The first kappa shape index (κ1) is 12.0. The molecule has 0 spiro atoms. The van der Waals surface area contributed by atoms with Crippen molar-refractivity contribution in [2.75, 3.05) is 13.2 Å². The second-order valence-electron chi connectivity index (χ2n) is 5.44. The second kappa shape index (κ2) is 4.08. The van der Waals surface area contributed by atoms with Crippen molar-refractivity contribution in [1.29, 1.82) is 0 Å². The second-order valence-corrected chi connectivity index (χ2v) is 5.44. The van der Waals surface area contributed by atoms with Gasteiger partial charge in [-0.2, -0.15) is 0 Å². The third-order valence-electron chi connectivity index (χ3n) is 2.97. The zero-order valence-corrected chi connectivity index (χ0v) is 10.4. The lowest BCUT2D eigenvalue weighted by atomic mass is 10.0. The minimum atomic E-state index is -0.528. The lowest BCUT2D eigenvalue weighted by Gasteiger charge is -2.27. The first-order valence-corrected chi connectivity index (χ1v) is 5.80. The van der Waals surface area contributed by atoms with Gasteiger partial charge in [0.25, 0.3) is 0 Å². The summed E-state index contributed by atoms with van der Waals surface area (Å²) in [5.41, 5.74) is -0.528. The molecule has 0 saturated carbocycles. The van der Waals surface area contributed by atoms with Crippen LogP contribution in [-0.2, 0) is 14.3 Å². The van der Waals surface area contributed by atoms with E-state index in [0.717, 1.165) is 6.42 Å². The molecule has 2 unspecified atom stereocenters. The summed E-state index contributed by atoms with van der Waals surface area (Å²) >= 11 is 0. The van der Waals surface area contributed by atoms with E-state index in [1.807, 2.05) is 20.8 Å². The molecule has 5 nitrogen and oxygen atoms in total. The highest BCUT2D eigenvalue weighted by atomic mass is 16.6. The molecule has 0 aromatic carbocycles. The number of likely N-dealkylation sites (tertiary alicyclic amines) is 1. The summed E-state index contributed by atoms with van der Waals surface area (Å²) in [7, 11) is 0. The lowest BCUT2D eigenvalue weighted by Crippen LogP contribution is -2.41. The van der Waals surface area contributed by atoms with Gasteiger partial charge in [-0.3, -0.25) is 4.90 Å². The van der Waals surface area contributed by atoms with Crippen LogP contribution in [0, 0.1) is 5.92 Å². The summed E-state index contributed by atoms with van der Waals surface area (Å²) in [6.07, 6.45) is 0.456. The number of ether oxygens (including phenoxy) is 2. The molecule has 1 amide bonds. The maximum absolute atomic E-state index is 12.0. The molecule has 0 radical (unpaired) electrons. The molecule has 2 heterocycles. The third-order valence-corrected chi connectivity index (χ3v) is 2.97. The number of hydrogen-bond donors (Lipinski definition) is 0. The Hall–Kier alpha value is -1.48. The zero-order valence-electron chi connectivity index (χ0n) is 10.4. The Morgan fingerprint density at radius 2 is 2.24 bits per heavy atom. The summed E-state index contributed by atoms with van der Waals surface area (Å²) in [5.74, 6) is 2.22. The van der Waals surface area contributed by atoms with E-state index in [4.69, 9.17) is 9.47 Å². The Balaban J connectivity index is 2.12. The van der Waals surface area contributed by atoms with Crippen molar-refractivity contribution in [3.05, 3.63) is 5.76 Å². The van der Waals surface area contributed by atoms with Crippen molar-refractivity contribution in [3.63, 3.8) is 0 Å². The molecule has 94 valence electrons. The molecule has 0 N–H and O–H groups in total. The number of nitrogens with zero attached hydrogens (tertiary/aromatic N) is 1. The molecule has 2 fully saturated rings. The van der Waals surface area contributed by atoms with Gasteiger partial charge in [-0.1, -0.05) is 0 Å². The number of hydrogen-bond acceptors (Lipinski definition) is 4. The summed E-state index contributed by atoms with van der Waals surface area (Å²) in [5, 5.41) is 0. The molecule has 2 saturated heterocycles. The Labute approximate surface area is 100 Å². The van der Waals surface area contributed by atoms with Crippen LogP contribution in [0.4, 0.5) is 4.79 Å². The van der Waals surface area contributed by atoms with E-state index < -0.39 is 5.60 Å². The van der Waals surface area contributed by atoms with Gasteiger partial charge in [0.1, 0.15) is 11.6 Å². The van der Waals surface area contributed by atoms with Crippen molar-refractivity contribution < 1.29 is 19.1 Å². The molecule has 0 aliphatic carbocycles. The Morgan fingerprint density at radius 3 is 2.82 bits per heavy atom. The largest absolute Gasteiger partial charge is 0.484 e. The highest BCUT2D eigenvalue weighted by molar-refractivity contribution is 5.71. The first-order chi connectivity index (χ1) is 7.92. The zero-order chi connectivity index (χ0) is 12.6. The lowest BCUT2D eigenvalue weighted by molar-refractivity contribution is 0.0234. The molecular weight excluding hydrogens is 222 g/mol. The molecule has 2 rings (SSSR count). The minimum Gasteiger partial charge on any atom is -0.484 e. The van der Waals surface area contributed by atoms with Gasteiger partial charge in [-0.25, -0.2) is 9.59 Å². The predicted octanol–water partition coefficient (Wildman–Crippen LogP) is 1.36. The monoisotopic (exact) mass is 239 g/mol. The molecule has 0 bridgehead atoms. The number of rotatable bonds is 0. The summed E-state index contributed by atoms with van der Waals surface area (Å²) in [6.45, 7) is 6.56. The molecule has 0 aromatic heterocycles. The Kier molecular flexibility index (Phi) is 2.87. The van der Waals surface area contributed by atoms with Crippen LogP contribution in [0.1, 0.15) is 27.2 Å². The molecule has 2 aliphatic rings. The van der Waals surface area contributed by atoms with Crippen LogP contribution in [0.3, 0.4) is 0 Å². The molecular formula is C12H17NO4. The number of fused-ring (bicyclic) bond motifs is 1. The van der Waals surface area contributed by atoms with E-state index in [1.54, 1.807) is 10.8 Å². The van der Waals surface area contributed by atoms with Crippen LogP contribution < -0.4 is 0 Å². The Morgan fingerprint density at radius 1 is 1.53 bits per heavy atom. The topological polar surface area (TPSA) is 55.8 Å². The standard InChI is InChI=1S/C12H17NO4/c1-12(2,3)17-11(15)13-5-4-8-7-16-9(6-14)10(8)13/h8,10H,4-5,7H2,1-3H3. The molecule has 17 heavy (non-hydrogen) atoms. The third kappa shape index (κ3) is 2.29. The van der Waals surface area contributed by atoms with Crippen LogP contribution >= 0.6 is 0 Å². The van der Waals surface area contributed by atoms with Gasteiger partial charge in [-0.15, -0.1) is 0 Å². The first-order valence-electron chi connectivity index (χ1n) is 5.80.